The Kier molecular flexibility index (Phi) is 5.90. The van der Waals surface area contributed by atoms with Crippen LogP contribution in [0.25, 0.3) is 10.2 Å². The highest BCUT2D eigenvalue weighted by molar-refractivity contribution is 7.20. The van der Waals surface area contributed by atoms with Gasteiger partial charge in [-0.1, -0.05) is 48.5 Å². The van der Waals surface area contributed by atoms with Gasteiger partial charge in [-0.25, -0.2) is 9.78 Å². The van der Waals surface area contributed by atoms with Crippen molar-refractivity contribution in [3.05, 3.63) is 92.8 Å². The predicted molar refractivity (Wildman–Crippen MR) is 116 cm³/mol. The van der Waals surface area contributed by atoms with Gasteiger partial charge >= 0.3 is 5.97 Å². The van der Waals surface area contributed by atoms with E-state index in [9.17, 15) is 9.59 Å². The molecule has 152 valence electrons. The van der Waals surface area contributed by atoms with Gasteiger partial charge < -0.3 is 14.5 Å². The van der Waals surface area contributed by atoms with Crippen LogP contribution in [0.1, 0.15) is 26.6 Å². The van der Waals surface area contributed by atoms with Crippen LogP contribution >= 0.6 is 11.3 Å². The average molecular weight is 420 g/mol. The van der Waals surface area contributed by atoms with Crippen LogP contribution in [0, 0.1) is 6.92 Å². The van der Waals surface area contributed by atoms with Gasteiger partial charge in [-0.15, -0.1) is 11.3 Å². The van der Waals surface area contributed by atoms with Crippen molar-refractivity contribution >= 4 is 27.5 Å². The number of fused-ring (bicyclic) bond motifs is 1. The van der Waals surface area contributed by atoms with E-state index in [0.717, 1.165) is 5.56 Å². The molecule has 0 aliphatic carbocycles. The Labute approximate surface area is 177 Å². The largest absolute Gasteiger partial charge is 0.490 e. The summed E-state index contributed by atoms with van der Waals surface area (Å²) in [6.07, 6.45) is 0.513. The number of aromatic nitrogens is 2. The van der Waals surface area contributed by atoms with E-state index in [1.54, 1.807) is 6.92 Å². The molecule has 7 heteroatoms. The summed E-state index contributed by atoms with van der Waals surface area (Å²) in [6, 6.07) is 19.1. The van der Waals surface area contributed by atoms with Crippen molar-refractivity contribution in [3.8, 4) is 5.75 Å². The topological polar surface area (TPSA) is 81.3 Å². The monoisotopic (exact) mass is 420 g/mol. The number of esters is 1. The number of H-pyrrole nitrogens is 1. The molecule has 0 bridgehead atoms. The fourth-order valence-corrected chi connectivity index (χ4v) is 4.23. The number of rotatable bonds is 7. The van der Waals surface area contributed by atoms with Gasteiger partial charge in [-0.3, -0.25) is 4.79 Å². The van der Waals surface area contributed by atoms with Crippen LogP contribution in [0.4, 0.5) is 0 Å². The minimum absolute atomic E-state index is 0.116. The van der Waals surface area contributed by atoms with Crippen molar-refractivity contribution in [1.82, 2.24) is 9.97 Å². The number of thiophene rings is 1. The second kappa shape index (κ2) is 8.92. The summed E-state index contributed by atoms with van der Waals surface area (Å²) in [7, 11) is 0. The molecule has 4 aromatic rings. The highest BCUT2D eigenvalue weighted by Gasteiger charge is 2.20. The summed E-state index contributed by atoms with van der Waals surface area (Å²) < 4.78 is 10.9. The van der Waals surface area contributed by atoms with E-state index in [1.165, 1.54) is 11.3 Å². The van der Waals surface area contributed by atoms with E-state index in [-0.39, 0.29) is 18.8 Å². The summed E-state index contributed by atoms with van der Waals surface area (Å²) in [4.78, 5) is 33.4. The second-order valence-corrected chi connectivity index (χ2v) is 7.71. The van der Waals surface area contributed by atoms with Crippen molar-refractivity contribution in [2.75, 3.05) is 13.2 Å². The summed E-state index contributed by atoms with van der Waals surface area (Å²) in [6.45, 7) is 2.11. The SMILES string of the molecule is Cc1c(C(=O)OCCOc2ccccc2)sc2nc(Cc3ccccc3)[nH]c(=O)c12. The van der Waals surface area contributed by atoms with Gasteiger partial charge in [0.15, 0.2) is 0 Å². The van der Waals surface area contributed by atoms with Crippen molar-refractivity contribution in [2.45, 2.75) is 13.3 Å². The molecule has 0 spiro atoms. The zero-order valence-electron chi connectivity index (χ0n) is 16.4. The molecule has 0 aliphatic heterocycles. The molecule has 0 atom stereocenters. The van der Waals surface area contributed by atoms with Crippen LogP contribution in [-0.4, -0.2) is 29.2 Å². The number of nitrogens with zero attached hydrogens (tertiary/aromatic N) is 1. The van der Waals surface area contributed by atoms with Gasteiger partial charge in [0.2, 0.25) is 0 Å². The van der Waals surface area contributed by atoms with Crippen molar-refractivity contribution in [1.29, 1.82) is 0 Å². The molecular weight excluding hydrogens is 400 g/mol. The van der Waals surface area contributed by atoms with Gasteiger partial charge in [-0.2, -0.15) is 0 Å². The van der Waals surface area contributed by atoms with Crippen molar-refractivity contribution in [2.24, 2.45) is 0 Å². The summed E-state index contributed by atoms with van der Waals surface area (Å²) in [5.74, 6) is 0.806. The minimum Gasteiger partial charge on any atom is -0.490 e. The van der Waals surface area contributed by atoms with E-state index >= 15 is 0 Å². The normalized spacial score (nSPS) is 10.8. The molecule has 0 saturated carbocycles. The molecule has 0 unspecified atom stereocenters. The molecule has 0 saturated heterocycles. The standard InChI is InChI=1S/C23H20N2O4S/c1-15-19-21(26)24-18(14-16-8-4-2-5-9-16)25-22(19)30-20(15)23(27)29-13-12-28-17-10-6-3-7-11-17/h2-11H,12-14H2,1H3,(H,24,25,26). The third-order valence-corrected chi connectivity index (χ3v) is 5.74. The number of benzene rings is 2. The van der Waals surface area contributed by atoms with E-state index in [0.29, 0.717) is 38.7 Å². The molecular formula is C23H20N2O4S. The first-order valence-corrected chi connectivity index (χ1v) is 10.3. The molecule has 2 heterocycles. The van der Waals surface area contributed by atoms with E-state index in [2.05, 4.69) is 9.97 Å². The van der Waals surface area contributed by atoms with Gasteiger partial charge in [0.25, 0.3) is 5.56 Å². The first kappa shape index (κ1) is 19.8. The van der Waals surface area contributed by atoms with Crippen LogP contribution in [0.15, 0.2) is 65.5 Å². The smallest absolute Gasteiger partial charge is 0.348 e. The maximum atomic E-state index is 12.6. The number of nitrogens with one attached hydrogen (secondary N) is 1. The van der Waals surface area contributed by atoms with Gasteiger partial charge in [-0.05, 0) is 30.2 Å². The predicted octanol–water partition coefficient (Wildman–Crippen LogP) is 4.12. The number of aryl methyl sites for hydroxylation is 1. The second-order valence-electron chi connectivity index (χ2n) is 6.71. The lowest BCUT2D eigenvalue weighted by Gasteiger charge is -2.06. The van der Waals surface area contributed by atoms with Crippen LogP contribution in [0.2, 0.25) is 0 Å². The number of para-hydroxylation sites is 1. The van der Waals surface area contributed by atoms with Crippen LogP contribution in [0.5, 0.6) is 5.75 Å². The fourth-order valence-electron chi connectivity index (χ4n) is 3.13. The van der Waals surface area contributed by atoms with Gasteiger partial charge in [0, 0.05) is 6.42 Å². The third kappa shape index (κ3) is 4.41. The van der Waals surface area contributed by atoms with Crippen molar-refractivity contribution in [3.63, 3.8) is 0 Å². The molecule has 0 fully saturated rings. The number of hydrogen-bond acceptors (Lipinski definition) is 6. The highest BCUT2D eigenvalue weighted by atomic mass is 32.1. The number of ether oxygens (including phenoxy) is 2. The van der Waals surface area contributed by atoms with E-state index in [1.807, 2.05) is 60.7 Å². The molecule has 2 aromatic carbocycles. The minimum atomic E-state index is -0.476. The van der Waals surface area contributed by atoms with Crippen molar-refractivity contribution < 1.29 is 14.3 Å². The maximum absolute atomic E-state index is 12.6. The van der Waals surface area contributed by atoms with Crippen LogP contribution < -0.4 is 10.3 Å². The summed E-state index contributed by atoms with van der Waals surface area (Å²) in [5, 5.41) is 0.435. The zero-order chi connectivity index (χ0) is 20.9. The zero-order valence-corrected chi connectivity index (χ0v) is 17.2. The molecule has 6 nitrogen and oxygen atoms in total. The molecule has 30 heavy (non-hydrogen) atoms. The first-order chi connectivity index (χ1) is 14.6. The number of aromatic amines is 1. The Balaban J connectivity index is 1.47. The summed E-state index contributed by atoms with van der Waals surface area (Å²) >= 11 is 1.18. The van der Waals surface area contributed by atoms with E-state index < -0.39 is 5.97 Å². The summed E-state index contributed by atoms with van der Waals surface area (Å²) in [5.41, 5.74) is 1.39. The molecule has 0 aliphatic rings. The lowest BCUT2D eigenvalue weighted by atomic mass is 10.1. The van der Waals surface area contributed by atoms with Crippen LogP contribution in [-0.2, 0) is 11.2 Å². The Bertz CT molecular complexity index is 1220. The average Bonchev–Trinajstić information content (AvgIpc) is 3.09. The lowest BCUT2D eigenvalue weighted by Crippen LogP contribution is -2.13. The molecule has 2 aromatic heterocycles. The first-order valence-electron chi connectivity index (χ1n) is 9.53. The number of carbonyl (C=O) groups excluding carboxylic acids is 1. The third-order valence-electron chi connectivity index (χ3n) is 4.58. The highest BCUT2D eigenvalue weighted by Crippen LogP contribution is 2.28. The quantitative estimate of drug-likeness (QED) is 0.359. The Morgan fingerprint density at radius 2 is 1.73 bits per heavy atom. The molecule has 0 radical (unpaired) electrons. The van der Waals surface area contributed by atoms with Crippen LogP contribution in [0.3, 0.4) is 0 Å². The Morgan fingerprint density at radius 3 is 2.47 bits per heavy atom. The fraction of sp³-hybridized carbons (Fsp3) is 0.174. The Morgan fingerprint density at radius 1 is 1.03 bits per heavy atom. The lowest BCUT2D eigenvalue weighted by molar-refractivity contribution is 0.0455. The molecule has 4 rings (SSSR count). The molecule has 1 N–H and O–H groups in total. The molecule has 0 amide bonds. The maximum Gasteiger partial charge on any atom is 0.348 e. The van der Waals surface area contributed by atoms with E-state index in [4.69, 9.17) is 9.47 Å². The van der Waals surface area contributed by atoms with Gasteiger partial charge in [0.05, 0.1) is 5.39 Å². The van der Waals surface area contributed by atoms with Gasteiger partial charge in [0.1, 0.15) is 34.5 Å². The number of hydrogen-bond donors (Lipinski definition) is 1. The number of carbonyl (C=O) groups is 1. The Hall–Kier alpha value is -3.45.